The van der Waals surface area contributed by atoms with E-state index in [1.54, 1.807) is 30.2 Å². The second-order valence-electron chi connectivity index (χ2n) is 4.90. The smallest absolute Gasteiger partial charge is 0.242 e. The van der Waals surface area contributed by atoms with Crippen LogP contribution < -0.4 is 5.73 Å². The molecule has 1 heterocycles. The summed E-state index contributed by atoms with van der Waals surface area (Å²) in [5, 5.41) is 0.968. The summed E-state index contributed by atoms with van der Waals surface area (Å²) in [5.74, 6) is -0.0161. The Bertz CT molecular complexity index is 406. The molecule has 0 radical (unpaired) electrons. The van der Waals surface area contributed by atoms with E-state index >= 15 is 0 Å². The molecule has 0 aliphatic heterocycles. The Hall–Kier alpha value is -0.650. The van der Waals surface area contributed by atoms with E-state index in [9.17, 15) is 4.79 Å². The first-order chi connectivity index (χ1) is 8.40. The number of aryl methyl sites for hydroxylation is 1. The molecule has 1 aromatic rings. The normalized spacial score (nSPS) is 13.5. The van der Waals surface area contributed by atoms with Crippen molar-refractivity contribution in [1.29, 1.82) is 0 Å². The molecular formula is C13H24ClN3OS. The van der Waals surface area contributed by atoms with Gasteiger partial charge in [-0.1, -0.05) is 20.3 Å². The van der Waals surface area contributed by atoms with Gasteiger partial charge in [-0.25, -0.2) is 4.98 Å². The molecule has 2 N–H and O–H groups in total. The van der Waals surface area contributed by atoms with Crippen LogP contribution in [0.25, 0.3) is 0 Å². The minimum atomic E-state index is -0.769. The van der Waals surface area contributed by atoms with Crippen LogP contribution in [0.3, 0.4) is 0 Å². The third-order valence-corrected chi connectivity index (χ3v) is 4.05. The number of amides is 1. The van der Waals surface area contributed by atoms with Gasteiger partial charge in [-0.3, -0.25) is 4.79 Å². The minimum absolute atomic E-state index is 0. The van der Waals surface area contributed by atoms with Crippen molar-refractivity contribution >= 4 is 29.7 Å². The number of hydrogen-bond acceptors (Lipinski definition) is 4. The van der Waals surface area contributed by atoms with E-state index in [0.717, 1.165) is 17.8 Å². The number of carbonyl (C=O) groups is 1. The summed E-state index contributed by atoms with van der Waals surface area (Å²) in [4.78, 5) is 19.5. The predicted octanol–water partition coefficient (Wildman–Crippen LogP) is 2.60. The molecule has 0 aromatic carbocycles. The quantitative estimate of drug-likeness (QED) is 0.879. The second-order valence-corrected chi connectivity index (χ2v) is 6.10. The number of carbonyl (C=O) groups excluding carboxylic acids is 1. The van der Waals surface area contributed by atoms with Crippen LogP contribution >= 0.6 is 23.7 Å². The van der Waals surface area contributed by atoms with Crippen LogP contribution in [0, 0.1) is 0 Å². The van der Waals surface area contributed by atoms with Crippen molar-refractivity contribution < 1.29 is 4.79 Å². The number of nitrogens with two attached hydrogens (primary N) is 1. The molecular weight excluding hydrogens is 282 g/mol. The van der Waals surface area contributed by atoms with Crippen molar-refractivity contribution in [3.05, 3.63) is 16.1 Å². The molecule has 110 valence electrons. The largest absolute Gasteiger partial charge is 0.337 e. The van der Waals surface area contributed by atoms with Gasteiger partial charge in [0.1, 0.15) is 5.01 Å². The van der Waals surface area contributed by atoms with E-state index in [-0.39, 0.29) is 18.3 Å². The van der Waals surface area contributed by atoms with E-state index in [2.05, 4.69) is 11.9 Å². The lowest BCUT2D eigenvalue weighted by molar-refractivity contribution is -0.135. The molecule has 0 saturated heterocycles. The summed E-state index contributed by atoms with van der Waals surface area (Å²) < 4.78 is 0. The fraction of sp³-hybridized carbons (Fsp3) is 0.692. The molecule has 0 bridgehead atoms. The standard InChI is InChI=1S/C13H23N3OS.ClH/c1-5-7-13(3,14)12(17)16(4)9-11-15-8-10(6-2)18-11;/h8H,5-7,9,14H2,1-4H3;1H. The van der Waals surface area contributed by atoms with Crippen LogP contribution in [-0.4, -0.2) is 28.4 Å². The zero-order valence-electron chi connectivity index (χ0n) is 12.1. The van der Waals surface area contributed by atoms with Crippen molar-refractivity contribution in [3.63, 3.8) is 0 Å². The number of halogens is 1. The monoisotopic (exact) mass is 305 g/mol. The lowest BCUT2D eigenvalue weighted by atomic mass is 9.96. The number of likely N-dealkylation sites (N-methyl/N-ethyl adjacent to an activating group) is 1. The molecule has 0 fully saturated rings. The maximum Gasteiger partial charge on any atom is 0.242 e. The average Bonchev–Trinajstić information content (AvgIpc) is 2.75. The van der Waals surface area contributed by atoms with Crippen molar-refractivity contribution in [2.45, 2.75) is 52.1 Å². The molecule has 4 nitrogen and oxygen atoms in total. The van der Waals surface area contributed by atoms with Crippen LogP contribution in [0.15, 0.2) is 6.20 Å². The number of nitrogens with zero attached hydrogens (tertiary/aromatic N) is 2. The first-order valence-corrected chi connectivity index (χ1v) is 7.20. The molecule has 6 heteroatoms. The van der Waals surface area contributed by atoms with Gasteiger partial charge in [0.25, 0.3) is 0 Å². The average molecular weight is 306 g/mol. The highest BCUT2D eigenvalue weighted by Crippen LogP contribution is 2.17. The van der Waals surface area contributed by atoms with Crippen molar-refractivity contribution in [2.75, 3.05) is 7.05 Å². The van der Waals surface area contributed by atoms with Crippen molar-refractivity contribution in [3.8, 4) is 0 Å². The maximum absolute atomic E-state index is 12.2. The third kappa shape index (κ3) is 5.09. The minimum Gasteiger partial charge on any atom is -0.337 e. The van der Waals surface area contributed by atoms with E-state index in [0.29, 0.717) is 13.0 Å². The zero-order valence-corrected chi connectivity index (χ0v) is 13.7. The molecule has 1 atom stereocenters. The van der Waals surface area contributed by atoms with Crippen molar-refractivity contribution in [2.24, 2.45) is 5.73 Å². The van der Waals surface area contributed by atoms with E-state index in [4.69, 9.17) is 5.73 Å². The summed E-state index contributed by atoms with van der Waals surface area (Å²) in [6.07, 6.45) is 4.48. The Labute approximate surface area is 125 Å². The molecule has 1 aromatic heterocycles. The molecule has 1 amide bonds. The Morgan fingerprint density at radius 2 is 2.16 bits per heavy atom. The van der Waals surface area contributed by atoms with Gasteiger partial charge in [0, 0.05) is 18.1 Å². The molecule has 1 unspecified atom stereocenters. The second kappa shape index (κ2) is 7.82. The predicted molar refractivity (Wildman–Crippen MR) is 82.7 cm³/mol. The highest BCUT2D eigenvalue weighted by molar-refractivity contribution is 7.11. The summed E-state index contributed by atoms with van der Waals surface area (Å²) in [5.41, 5.74) is 5.28. The van der Waals surface area contributed by atoms with Gasteiger partial charge >= 0.3 is 0 Å². The molecule has 19 heavy (non-hydrogen) atoms. The van der Waals surface area contributed by atoms with Gasteiger partial charge in [-0.15, -0.1) is 23.7 Å². The van der Waals surface area contributed by atoms with Gasteiger partial charge in [0.15, 0.2) is 0 Å². The Balaban J connectivity index is 0.00000324. The third-order valence-electron chi connectivity index (χ3n) is 2.93. The number of hydrogen-bond donors (Lipinski definition) is 1. The van der Waals surface area contributed by atoms with E-state index < -0.39 is 5.54 Å². The number of rotatable bonds is 6. The summed E-state index contributed by atoms with van der Waals surface area (Å²) in [7, 11) is 1.79. The van der Waals surface area contributed by atoms with E-state index in [1.165, 1.54) is 4.88 Å². The van der Waals surface area contributed by atoms with Gasteiger partial charge in [-0.2, -0.15) is 0 Å². The first kappa shape index (κ1) is 18.4. The van der Waals surface area contributed by atoms with Crippen LogP contribution in [0.1, 0.15) is 43.5 Å². The number of aromatic nitrogens is 1. The van der Waals surface area contributed by atoms with Crippen molar-refractivity contribution in [1.82, 2.24) is 9.88 Å². The van der Waals surface area contributed by atoms with Crippen LogP contribution in [0.2, 0.25) is 0 Å². The Morgan fingerprint density at radius 3 is 2.63 bits per heavy atom. The van der Waals surface area contributed by atoms with Gasteiger partial charge < -0.3 is 10.6 Å². The fourth-order valence-electron chi connectivity index (χ4n) is 1.92. The Morgan fingerprint density at radius 1 is 1.53 bits per heavy atom. The topological polar surface area (TPSA) is 59.2 Å². The molecule has 0 aliphatic carbocycles. The Kier molecular flexibility index (Phi) is 7.55. The van der Waals surface area contributed by atoms with Gasteiger partial charge in [-0.05, 0) is 19.8 Å². The summed E-state index contributed by atoms with van der Waals surface area (Å²) >= 11 is 1.66. The zero-order chi connectivity index (χ0) is 13.8. The van der Waals surface area contributed by atoms with Crippen LogP contribution in [0.5, 0.6) is 0 Å². The van der Waals surface area contributed by atoms with E-state index in [1.807, 2.05) is 13.1 Å². The molecule has 0 saturated carbocycles. The van der Waals surface area contributed by atoms with Crippen LogP contribution in [0.4, 0.5) is 0 Å². The lowest BCUT2D eigenvalue weighted by Gasteiger charge is -2.28. The lowest BCUT2D eigenvalue weighted by Crippen LogP contribution is -2.51. The molecule has 0 spiro atoms. The number of thiazole rings is 1. The van der Waals surface area contributed by atoms with Crippen LogP contribution in [-0.2, 0) is 17.8 Å². The molecule has 0 aliphatic rings. The van der Waals surface area contributed by atoms with Gasteiger partial charge in [0.05, 0.1) is 12.1 Å². The highest BCUT2D eigenvalue weighted by atomic mass is 35.5. The van der Waals surface area contributed by atoms with Gasteiger partial charge in [0.2, 0.25) is 5.91 Å². The summed E-state index contributed by atoms with van der Waals surface area (Å²) in [6.45, 7) is 6.48. The highest BCUT2D eigenvalue weighted by Gasteiger charge is 2.30. The molecule has 1 rings (SSSR count). The summed E-state index contributed by atoms with van der Waals surface area (Å²) in [6, 6.07) is 0. The fourth-order valence-corrected chi connectivity index (χ4v) is 2.84. The SMILES string of the molecule is CCCC(C)(N)C(=O)N(C)Cc1ncc(CC)s1.Cl. The maximum atomic E-state index is 12.2. The first-order valence-electron chi connectivity index (χ1n) is 6.38.